The molecule has 0 spiro atoms. The summed E-state index contributed by atoms with van der Waals surface area (Å²) in [5, 5.41) is 5.80. The molecule has 5 heteroatoms. The zero-order valence-corrected chi connectivity index (χ0v) is 13.0. The zero-order valence-electron chi connectivity index (χ0n) is 12.2. The summed E-state index contributed by atoms with van der Waals surface area (Å²) in [6, 6.07) is 9.94. The Hall–Kier alpha value is -2.27. The van der Waals surface area contributed by atoms with Crippen LogP contribution < -0.4 is 5.32 Å². The lowest BCUT2D eigenvalue weighted by Crippen LogP contribution is -1.93. The van der Waals surface area contributed by atoms with Crippen molar-refractivity contribution >= 4 is 22.2 Å². The van der Waals surface area contributed by atoms with Crippen molar-refractivity contribution in [2.75, 3.05) is 5.32 Å². The van der Waals surface area contributed by atoms with Gasteiger partial charge in [-0.2, -0.15) is 0 Å². The van der Waals surface area contributed by atoms with Gasteiger partial charge in [-0.1, -0.05) is 12.1 Å². The summed E-state index contributed by atoms with van der Waals surface area (Å²) in [6.45, 7) is 4.05. The first kappa shape index (κ1) is 14.7. The highest BCUT2D eigenvalue weighted by atomic mass is 32.1. The van der Waals surface area contributed by atoms with E-state index in [1.807, 2.05) is 31.4 Å². The second-order valence-electron chi connectivity index (χ2n) is 5.11. The van der Waals surface area contributed by atoms with E-state index < -0.39 is 11.6 Å². The molecule has 3 rings (SSSR count). The molecule has 0 bridgehead atoms. The van der Waals surface area contributed by atoms with Crippen molar-refractivity contribution in [2.45, 2.75) is 13.8 Å². The number of nitrogens with one attached hydrogen (secondary N) is 1. The van der Waals surface area contributed by atoms with E-state index in [0.717, 1.165) is 28.9 Å². The number of benzene rings is 2. The summed E-state index contributed by atoms with van der Waals surface area (Å²) in [4.78, 5) is 4.44. The van der Waals surface area contributed by atoms with Gasteiger partial charge in [0.15, 0.2) is 16.8 Å². The lowest BCUT2D eigenvalue weighted by Gasteiger charge is -2.07. The third-order valence-electron chi connectivity index (χ3n) is 3.35. The highest BCUT2D eigenvalue weighted by molar-refractivity contribution is 7.14. The minimum absolute atomic E-state index is 0.559. The summed E-state index contributed by atoms with van der Waals surface area (Å²) < 4.78 is 26.3. The molecule has 0 aliphatic rings. The van der Waals surface area contributed by atoms with Gasteiger partial charge in [0.25, 0.3) is 0 Å². The van der Waals surface area contributed by atoms with E-state index in [1.165, 1.54) is 17.4 Å². The van der Waals surface area contributed by atoms with E-state index in [2.05, 4.69) is 16.4 Å². The normalized spacial score (nSPS) is 10.7. The van der Waals surface area contributed by atoms with E-state index >= 15 is 0 Å². The fraction of sp³-hybridized carbons (Fsp3) is 0.118. The number of rotatable bonds is 3. The molecule has 0 radical (unpaired) electrons. The fourth-order valence-electron chi connectivity index (χ4n) is 2.10. The third kappa shape index (κ3) is 2.99. The number of hydrogen-bond donors (Lipinski definition) is 1. The van der Waals surface area contributed by atoms with Gasteiger partial charge >= 0.3 is 0 Å². The highest BCUT2D eigenvalue weighted by Gasteiger charge is 2.09. The first-order valence-electron chi connectivity index (χ1n) is 6.78. The van der Waals surface area contributed by atoms with Crippen molar-refractivity contribution in [1.29, 1.82) is 0 Å². The van der Waals surface area contributed by atoms with Crippen LogP contribution in [0.2, 0.25) is 0 Å². The number of halogens is 2. The summed E-state index contributed by atoms with van der Waals surface area (Å²) in [6.07, 6.45) is 0. The first-order chi connectivity index (χ1) is 10.5. The number of hydrogen-bond acceptors (Lipinski definition) is 3. The number of nitrogens with zero attached hydrogens (tertiary/aromatic N) is 1. The molecule has 0 saturated carbocycles. The zero-order chi connectivity index (χ0) is 15.7. The standard InChI is InChI=1S/C17H14F2N2S/c1-10-3-4-11(2)15(7-10)20-17-21-16(9-22-17)12-5-6-13(18)14(19)8-12/h3-9H,1-2H3,(H,20,21). The van der Waals surface area contributed by atoms with Gasteiger partial charge in [-0.25, -0.2) is 13.8 Å². The van der Waals surface area contributed by atoms with E-state index in [4.69, 9.17) is 0 Å². The molecule has 2 nitrogen and oxygen atoms in total. The lowest BCUT2D eigenvalue weighted by atomic mass is 10.1. The van der Waals surface area contributed by atoms with Crippen LogP contribution in [0, 0.1) is 25.5 Å². The number of aromatic nitrogens is 1. The van der Waals surface area contributed by atoms with Crippen molar-refractivity contribution in [1.82, 2.24) is 4.98 Å². The fourth-order valence-corrected chi connectivity index (χ4v) is 2.84. The molecule has 0 atom stereocenters. The second-order valence-corrected chi connectivity index (χ2v) is 5.97. The van der Waals surface area contributed by atoms with Crippen molar-refractivity contribution < 1.29 is 8.78 Å². The van der Waals surface area contributed by atoms with Crippen LogP contribution in [0.1, 0.15) is 11.1 Å². The maximum Gasteiger partial charge on any atom is 0.187 e. The Morgan fingerprint density at radius 2 is 1.82 bits per heavy atom. The summed E-state index contributed by atoms with van der Waals surface area (Å²) in [5.41, 5.74) is 4.45. The van der Waals surface area contributed by atoms with Gasteiger partial charge in [-0.3, -0.25) is 0 Å². The van der Waals surface area contributed by atoms with Crippen LogP contribution in [0.4, 0.5) is 19.6 Å². The molecule has 0 unspecified atom stereocenters. The Bertz CT molecular complexity index is 827. The smallest absolute Gasteiger partial charge is 0.187 e. The van der Waals surface area contributed by atoms with E-state index in [0.29, 0.717) is 16.4 Å². The molecule has 0 fully saturated rings. The first-order valence-corrected chi connectivity index (χ1v) is 7.66. The molecule has 1 N–H and O–H groups in total. The molecule has 1 aromatic heterocycles. The summed E-state index contributed by atoms with van der Waals surface area (Å²) in [5.74, 6) is -1.72. The molecule has 0 aliphatic carbocycles. The minimum Gasteiger partial charge on any atom is -0.331 e. The molecule has 0 saturated heterocycles. The Balaban J connectivity index is 1.87. The van der Waals surface area contributed by atoms with Crippen LogP contribution in [-0.4, -0.2) is 4.98 Å². The average Bonchev–Trinajstić information content (AvgIpc) is 2.94. The monoisotopic (exact) mass is 316 g/mol. The maximum atomic E-state index is 13.3. The quantitative estimate of drug-likeness (QED) is 0.695. The van der Waals surface area contributed by atoms with Gasteiger partial charge in [0.2, 0.25) is 0 Å². The van der Waals surface area contributed by atoms with Crippen LogP contribution in [0.15, 0.2) is 41.8 Å². The SMILES string of the molecule is Cc1ccc(C)c(Nc2nc(-c3ccc(F)c(F)c3)cs2)c1. The van der Waals surface area contributed by atoms with Crippen molar-refractivity contribution in [3.63, 3.8) is 0 Å². The van der Waals surface area contributed by atoms with Gasteiger partial charge in [0, 0.05) is 16.6 Å². The largest absolute Gasteiger partial charge is 0.331 e. The second kappa shape index (κ2) is 5.85. The van der Waals surface area contributed by atoms with Crippen molar-refractivity contribution in [2.24, 2.45) is 0 Å². The topological polar surface area (TPSA) is 24.9 Å². The number of thiazole rings is 1. The van der Waals surface area contributed by atoms with Crippen LogP contribution >= 0.6 is 11.3 Å². The average molecular weight is 316 g/mol. The molecule has 1 heterocycles. The Labute approximate surface area is 131 Å². The Morgan fingerprint density at radius 3 is 2.59 bits per heavy atom. The molecule has 3 aromatic rings. The van der Waals surface area contributed by atoms with Crippen LogP contribution in [-0.2, 0) is 0 Å². The van der Waals surface area contributed by atoms with Crippen LogP contribution in [0.3, 0.4) is 0 Å². The van der Waals surface area contributed by atoms with Gasteiger partial charge in [0.05, 0.1) is 5.69 Å². The van der Waals surface area contributed by atoms with E-state index in [-0.39, 0.29) is 0 Å². The van der Waals surface area contributed by atoms with Crippen molar-refractivity contribution in [3.8, 4) is 11.3 Å². The van der Waals surface area contributed by atoms with Gasteiger partial charge < -0.3 is 5.32 Å². The lowest BCUT2D eigenvalue weighted by molar-refractivity contribution is 0.509. The van der Waals surface area contributed by atoms with Gasteiger partial charge in [-0.15, -0.1) is 11.3 Å². The maximum absolute atomic E-state index is 13.3. The van der Waals surface area contributed by atoms with E-state index in [1.54, 1.807) is 0 Å². The molecule has 0 amide bonds. The van der Waals surface area contributed by atoms with Gasteiger partial charge in [-0.05, 0) is 49.2 Å². The molecule has 2 aromatic carbocycles. The highest BCUT2D eigenvalue weighted by Crippen LogP contribution is 2.29. The number of anilines is 2. The van der Waals surface area contributed by atoms with Crippen molar-refractivity contribution in [3.05, 3.63) is 64.5 Å². The summed E-state index contributed by atoms with van der Waals surface area (Å²) >= 11 is 1.43. The van der Waals surface area contributed by atoms with Crippen LogP contribution in [0.5, 0.6) is 0 Å². The minimum atomic E-state index is -0.866. The van der Waals surface area contributed by atoms with Gasteiger partial charge in [0.1, 0.15) is 0 Å². The predicted octanol–water partition coefficient (Wildman–Crippen LogP) is 5.45. The van der Waals surface area contributed by atoms with E-state index in [9.17, 15) is 8.78 Å². The molecular weight excluding hydrogens is 302 g/mol. The molecule has 112 valence electrons. The molecule has 0 aliphatic heterocycles. The molecular formula is C17H14F2N2S. The number of aryl methyl sites for hydroxylation is 2. The Morgan fingerprint density at radius 1 is 1.00 bits per heavy atom. The summed E-state index contributed by atoms with van der Waals surface area (Å²) in [7, 11) is 0. The predicted molar refractivity (Wildman–Crippen MR) is 86.7 cm³/mol. The van der Waals surface area contributed by atoms with Crippen LogP contribution in [0.25, 0.3) is 11.3 Å². The third-order valence-corrected chi connectivity index (χ3v) is 4.11. The molecule has 22 heavy (non-hydrogen) atoms. The Kier molecular flexibility index (Phi) is 3.90.